The van der Waals surface area contributed by atoms with Gasteiger partial charge >= 0.3 is 0 Å². The zero-order valence-electron chi connectivity index (χ0n) is 15.9. The van der Waals surface area contributed by atoms with Gasteiger partial charge in [0, 0.05) is 12.8 Å². The molecule has 0 N–H and O–H groups in total. The Morgan fingerprint density at radius 1 is 1.25 bits per heavy atom. The summed E-state index contributed by atoms with van der Waals surface area (Å²) in [4.78, 5) is 12.1. The third kappa shape index (κ3) is 5.22. The van der Waals surface area contributed by atoms with Gasteiger partial charge in [-0.3, -0.25) is 4.79 Å². The normalized spacial score (nSPS) is 27.0. The van der Waals surface area contributed by atoms with E-state index in [4.69, 9.17) is 4.74 Å². The topological polar surface area (TPSA) is 26.3 Å². The molecule has 0 aromatic heterocycles. The number of hydrogen-bond donors (Lipinski definition) is 0. The van der Waals surface area contributed by atoms with Crippen LogP contribution in [0.25, 0.3) is 0 Å². The SMILES string of the molecule is CC(C)=CCC/C(C)=C/CCC1(C)C=CC2=C(CC(C)CC2=O)O1. The standard InChI is InChI=1S/C22H32O2/c1-16(2)8-6-9-17(3)10-7-12-22(5)13-11-19-20(23)14-18(4)15-21(19)24-22/h8,10-11,13,18H,6-7,9,12,14-15H2,1-5H3/b17-10+. The molecular formula is C22H32O2. The molecule has 0 bridgehead atoms. The van der Waals surface area contributed by atoms with E-state index < -0.39 is 0 Å². The average molecular weight is 328 g/mol. The summed E-state index contributed by atoms with van der Waals surface area (Å²) >= 11 is 0. The first-order valence-electron chi connectivity index (χ1n) is 9.22. The van der Waals surface area contributed by atoms with Crippen molar-refractivity contribution < 1.29 is 9.53 Å². The summed E-state index contributed by atoms with van der Waals surface area (Å²) in [5, 5.41) is 0. The Bertz CT molecular complexity index is 599. The molecule has 1 aliphatic heterocycles. The van der Waals surface area contributed by atoms with Crippen LogP contribution in [-0.2, 0) is 9.53 Å². The maximum atomic E-state index is 12.1. The fourth-order valence-corrected chi connectivity index (χ4v) is 3.37. The van der Waals surface area contributed by atoms with Gasteiger partial charge in [-0.15, -0.1) is 0 Å². The lowest BCUT2D eigenvalue weighted by atomic mass is 9.84. The molecular weight excluding hydrogens is 296 g/mol. The van der Waals surface area contributed by atoms with Gasteiger partial charge in [0.1, 0.15) is 11.4 Å². The van der Waals surface area contributed by atoms with Crippen LogP contribution in [0, 0.1) is 5.92 Å². The smallest absolute Gasteiger partial charge is 0.166 e. The minimum Gasteiger partial charge on any atom is -0.487 e. The van der Waals surface area contributed by atoms with E-state index in [0.29, 0.717) is 12.3 Å². The summed E-state index contributed by atoms with van der Waals surface area (Å²) in [7, 11) is 0. The molecule has 2 unspecified atom stereocenters. The molecule has 1 heterocycles. The monoisotopic (exact) mass is 328 g/mol. The third-order valence-corrected chi connectivity index (χ3v) is 4.85. The van der Waals surface area contributed by atoms with E-state index in [1.54, 1.807) is 0 Å². The van der Waals surface area contributed by atoms with Crippen molar-refractivity contribution in [3.8, 4) is 0 Å². The largest absolute Gasteiger partial charge is 0.487 e. The molecule has 0 fully saturated rings. The highest BCUT2D eigenvalue weighted by Crippen LogP contribution is 2.37. The van der Waals surface area contributed by atoms with Gasteiger partial charge in [-0.25, -0.2) is 0 Å². The van der Waals surface area contributed by atoms with Crippen molar-refractivity contribution in [2.24, 2.45) is 5.92 Å². The average Bonchev–Trinajstić information content (AvgIpc) is 2.45. The van der Waals surface area contributed by atoms with Gasteiger partial charge < -0.3 is 4.74 Å². The second kappa shape index (κ2) is 8.00. The third-order valence-electron chi connectivity index (χ3n) is 4.85. The minimum atomic E-state index is -0.285. The number of ketones is 1. The second-order valence-corrected chi connectivity index (χ2v) is 7.93. The van der Waals surface area contributed by atoms with E-state index in [-0.39, 0.29) is 11.4 Å². The van der Waals surface area contributed by atoms with E-state index in [0.717, 1.165) is 43.4 Å². The maximum Gasteiger partial charge on any atom is 0.166 e. The summed E-state index contributed by atoms with van der Waals surface area (Å²) in [5.74, 6) is 1.54. The Hall–Kier alpha value is -1.57. The summed E-state index contributed by atoms with van der Waals surface area (Å²) in [5.41, 5.74) is 3.35. The van der Waals surface area contributed by atoms with Crippen LogP contribution in [0.5, 0.6) is 0 Å². The number of carbonyl (C=O) groups is 1. The Kier molecular flexibility index (Phi) is 6.26. The second-order valence-electron chi connectivity index (χ2n) is 7.93. The number of carbonyl (C=O) groups excluding carboxylic acids is 1. The zero-order valence-corrected chi connectivity index (χ0v) is 15.9. The summed E-state index contributed by atoms with van der Waals surface area (Å²) in [6.07, 6.45) is 14.4. The van der Waals surface area contributed by atoms with Crippen LogP contribution >= 0.6 is 0 Å². The highest BCUT2D eigenvalue weighted by molar-refractivity contribution is 5.99. The van der Waals surface area contributed by atoms with Crippen molar-refractivity contribution in [2.45, 2.75) is 78.7 Å². The molecule has 1 aliphatic carbocycles. The zero-order chi connectivity index (χ0) is 17.7. The maximum absolute atomic E-state index is 12.1. The highest BCUT2D eigenvalue weighted by Gasteiger charge is 2.33. The molecule has 0 spiro atoms. The van der Waals surface area contributed by atoms with Crippen molar-refractivity contribution in [3.63, 3.8) is 0 Å². The number of rotatable bonds is 6. The first-order chi connectivity index (χ1) is 11.3. The van der Waals surface area contributed by atoms with Crippen molar-refractivity contribution in [1.29, 1.82) is 0 Å². The summed E-state index contributed by atoms with van der Waals surface area (Å²) in [6.45, 7) is 10.8. The molecule has 132 valence electrons. The summed E-state index contributed by atoms with van der Waals surface area (Å²) in [6, 6.07) is 0. The fourth-order valence-electron chi connectivity index (χ4n) is 3.37. The molecule has 0 aromatic rings. The number of allylic oxidation sites excluding steroid dienone is 7. The molecule has 2 heteroatoms. The molecule has 2 rings (SSSR count). The van der Waals surface area contributed by atoms with Gasteiger partial charge in [-0.1, -0.05) is 30.2 Å². The lowest BCUT2D eigenvalue weighted by molar-refractivity contribution is -0.117. The predicted octanol–water partition coefficient (Wildman–Crippen LogP) is 6.06. The molecule has 0 aromatic carbocycles. The first kappa shape index (κ1) is 18.8. The molecule has 0 amide bonds. The number of Topliss-reactive ketones (excluding diaryl/α,β-unsaturated/α-hetero) is 1. The van der Waals surface area contributed by atoms with Crippen molar-refractivity contribution in [3.05, 3.63) is 46.8 Å². The van der Waals surface area contributed by atoms with Crippen LogP contribution in [0.15, 0.2) is 46.8 Å². The van der Waals surface area contributed by atoms with Crippen LogP contribution in [0.3, 0.4) is 0 Å². The first-order valence-corrected chi connectivity index (χ1v) is 9.22. The molecule has 0 saturated carbocycles. The fraction of sp³-hybridized carbons (Fsp3) is 0.591. The van der Waals surface area contributed by atoms with E-state index in [9.17, 15) is 4.79 Å². The van der Waals surface area contributed by atoms with Crippen molar-refractivity contribution in [2.75, 3.05) is 0 Å². The van der Waals surface area contributed by atoms with Crippen LogP contribution in [0.4, 0.5) is 0 Å². The van der Waals surface area contributed by atoms with Gasteiger partial charge in [0.25, 0.3) is 0 Å². The summed E-state index contributed by atoms with van der Waals surface area (Å²) < 4.78 is 6.25. The van der Waals surface area contributed by atoms with E-state index in [2.05, 4.69) is 52.8 Å². The molecule has 0 radical (unpaired) electrons. The predicted molar refractivity (Wildman–Crippen MR) is 101 cm³/mol. The van der Waals surface area contributed by atoms with Crippen LogP contribution in [-0.4, -0.2) is 11.4 Å². The Labute approximate surface area is 147 Å². The molecule has 24 heavy (non-hydrogen) atoms. The Balaban J connectivity index is 1.89. The van der Waals surface area contributed by atoms with Gasteiger partial charge in [-0.05, 0) is 71.4 Å². The molecule has 0 saturated heterocycles. The lowest BCUT2D eigenvalue weighted by Gasteiger charge is -2.35. The van der Waals surface area contributed by atoms with Crippen molar-refractivity contribution >= 4 is 5.78 Å². The van der Waals surface area contributed by atoms with Crippen LogP contribution < -0.4 is 0 Å². The van der Waals surface area contributed by atoms with E-state index >= 15 is 0 Å². The van der Waals surface area contributed by atoms with Crippen LogP contribution in [0.1, 0.15) is 73.1 Å². The molecule has 2 nitrogen and oxygen atoms in total. The van der Waals surface area contributed by atoms with E-state index in [1.807, 2.05) is 6.08 Å². The molecule has 2 atom stereocenters. The van der Waals surface area contributed by atoms with E-state index in [1.165, 1.54) is 11.1 Å². The Morgan fingerprint density at radius 2 is 2.00 bits per heavy atom. The quantitative estimate of drug-likeness (QED) is 0.554. The van der Waals surface area contributed by atoms with Gasteiger partial charge in [0.05, 0.1) is 5.57 Å². The lowest BCUT2D eigenvalue weighted by Crippen LogP contribution is -2.32. The minimum absolute atomic E-state index is 0.233. The van der Waals surface area contributed by atoms with Gasteiger partial charge in [0.15, 0.2) is 5.78 Å². The number of ether oxygens (including phenoxy) is 1. The Morgan fingerprint density at radius 3 is 2.71 bits per heavy atom. The van der Waals surface area contributed by atoms with Crippen LogP contribution in [0.2, 0.25) is 0 Å². The van der Waals surface area contributed by atoms with Gasteiger partial charge in [-0.2, -0.15) is 0 Å². The van der Waals surface area contributed by atoms with Gasteiger partial charge in [0.2, 0.25) is 0 Å². The highest BCUT2D eigenvalue weighted by atomic mass is 16.5. The molecule has 2 aliphatic rings. The van der Waals surface area contributed by atoms with Crippen molar-refractivity contribution in [1.82, 2.24) is 0 Å². The number of hydrogen-bond acceptors (Lipinski definition) is 2.